The van der Waals surface area contributed by atoms with Crippen LogP contribution in [0, 0.1) is 0 Å². The fourth-order valence-electron chi connectivity index (χ4n) is 3.26. The monoisotopic (exact) mass is 642 g/mol. The first kappa shape index (κ1) is 32.1. The molecule has 9 nitrogen and oxygen atoms in total. The Labute approximate surface area is 243 Å². The van der Waals surface area contributed by atoms with Gasteiger partial charge in [0, 0.05) is 23.2 Å². The van der Waals surface area contributed by atoms with Gasteiger partial charge in [0.15, 0.2) is 5.16 Å². The summed E-state index contributed by atoms with van der Waals surface area (Å²) in [5.74, 6) is 0.724. The summed E-state index contributed by atoms with van der Waals surface area (Å²) in [5, 5.41) is 4.22. The van der Waals surface area contributed by atoms with Crippen molar-refractivity contribution >= 4 is 61.9 Å². The van der Waals surface area contributed by atoms with Gasteiger partial charge >= 0.3 is 11.3 Å². The molecule has 4 heterocycles. The van der Waals surface area contributed by atoms with E-state index < -0.39 is 18.4 Å². The Kier molecular flexibility index (Phi) is 14.3. The van der Waals surface area contributed by atoms with Crippen LogP contribution in [0.1, 0.15) is 42.5 Å². The van der Waals surface area contributed by atoms with Crippen molar-refractivity contribution in [1.29, 1.82) is 0 Å². The minimum atomic E-state index is -1.00. The number of hydrogen-bond donors (Lipinski definition) is 2. The fourth-order valence-corrected chi connectivity index (χ4v) is 4.08. The average molecular weight is 644 g/mol. The fraction of sp³-hybridized carbons (Fsp3) is 0.308. The van der Waals surface area contributed by atoms with Gasteiger partial charge in [0.05, 0.1) is 25.5 Å². The number of aromatic nitrogens is 2. The van der Waals surface area contributed by atoms with Gasteiger partial charge in [-0.05, 0) is 24.0 Å². The number of alkyl halides is 2. The number of nitrogens with zero attached hydrogens (tertiary/aromatic N) is 1. The number of thioether (sulfide) groups is 1. The van der Waals surface area contributed by atoms with Gasteiger partial charge in [-0.2, -0.15) is 4.98 Å². The van der Waals surface area contributed by atoms with Crippen LogP contribution in [0.5, 0.6) is 0 Å². The molecule has 0 unspecified atom stereocenters. The lowest BCUT2D eigenvalue weighted by molar-refractivity contribution is 0.0968. The van der Waals surface area contributed by atoms with Crippen LogP contribution in [-0.2, 0) is 19.3 Å². The molecule has 0 saturated heterocycles. The van der Waals surface area contributed by atoms with Gasteiger partial charge in [-0.25, -0.2) is 9.59 Å². The number of carbonyl (C=O) groups is 1. The molecule has 0 aliphatic carbocycles. The van der Waals surface area contributed by atoms with Gasteiger partial charge in [-0.15, -0.1) is 13.2 Å². The highest BCUT2D eigenvalue weighted by atomic mass is 79.9. The molecular formula is C26H29BrFN3O6S2. The quantitative estimate of drug-likeness (QED) is 0.129. The third kappa shape index (κ3) is 9.83. The van der Waals surface area contributed by atoms with Gasteiger partial charge in [-0.1, -0.05) is 65.9 Å². The maximum Gasteiger partial charge on any atom is 0.337 e. The van der Waals surface area contributed by atoms with Crippen molar-refractivity contribution in [2.24, 2.45) is 0 Å². The molecule has 4 rings (SSSR count). The third-order valence-electron chi connectivity index (χ3n) is 4.80. The molecule has 0 radical (unpaired) electrons. The van der Waals surface area contributed by atoms with Gasteiger partial charge in [0.25, 0.3) is 11.5 Å². The Morgan fingerprint density at radius 1 is 1.15 bits per heavy atom. The van der Waals surface area contributed by atoms with Gasteiger partial charge in [-0.3, -0.25) is 14.0 Å². The number of allylic oxidation sites excluding steroid dienone is 1. The van der Waals surface area contributed by atoms with Crippen LogP contribution in [0.4, 0.5) is 4.39 Å². The Balaban J connectivity index is 0.000000328. The summed E-state index contributed by atoms with van der Waals surface area (Å²) >= 11 is 9.34. The van der Waals surface area contributed by atoms with E-state index in [1.807, 2.05) is 13.8 Å². The summed E-state index contributed by atoms with van der Waals surface area (Å²) in [5.41, 5.74) is 0.712. The SMILES string of the molecule is C=CCBr.C=CCSc1nc2oc(=O)cc(CC)c2c(=O)[nH]1.CCc1cc(=O)oc2c1C(=O)NC(=S)C2.[2H]CF. The number of H-pyrrole nitrogens is 1. The molecule has 2 N–H and O–H groups in total. The standard InChI is InChI=1S/C12H12N2O3S.C10H9NO3S.C3H5Br.CH3F/c1-3-5-18-12-13-10(16)9-7(4-2)6-8(15)17-11(9)14-12;1-2-5-3-8(12)14-6-4-7(15)11-10(13)9(5)6;1-2-3-4;1-2/h3,6H,1,4-5H2,2H3,(H,13,14,16);3H,2,4H2,1H3,(H,11,13,15);2H,1,3H2;1H3/i;;;1D. The lowest BCUT2D eigenvalue weighted by Gasteiger charge is -2.17. The van der Waals surface area contributed by atoms with Crippen molar-refractivity contribution in [1.82, 2.24) is 15.3 Å². The van der Waals surface area contributed by atoms with Crippen molar-refractivity contribution in [3.63, 3.8) is 0 Å². The Hall–Kier alpha value is -3.16. The van der Waals surface area contributed by atoms with Crippen molar-refractivity contribution in [3.8, 4) is 0 Å². The predicted octanol–water partition coefficient (Wildman–Crippen LogP) is 4.69. The van der Waals surface area contributed by atoms with Crippen LogP contribution in [0.3, 0.4) is 0 Å². The number of carbonyl (C=O) groups excluding carboxylic acids is 1. The van der Waals surface area contributed by atoms with Crippen LogP contribution in [-0.4, -0.2) is 39.1 Å². The van der Waals surface area contributed by atoms with Crippen LogP contribution >= 0.6 is 39.9 Å². The van der Waals surface area contributed by atoms with Crippen molar-refractivity contribution in [2.45, 2.75) is 38.3 Å². The highest BCUT2D eigenvalue weighted by Crippen LogP contribution is 2.18. The van der Waals surface area contributed by atoms with Crippen LogP contribution in [0.2, 0.25) is 0 Å². The molecule has 1 amide bonds. The molecule has 39 heavy (non-hydrogen) atoms. The Morgan fingerprint density at radius 2 is 1.74 bits per heavy atom. The van der Waals surface area contributed by atoms with Crippen molar-refractivity contribution in [2.75, 3.05) is 18.2 Å². The minimum absolute atomic E-state index is 0.0923. The molecule has 0 atom stereocenters. The number of halogens is 2. The minimum Gasteiger partial charge on any atom is -0.427 e. The average Bonchev–Trinajstić information content (AvgIpc) is 2.91. The van der Waals surface area contributed by atoms with E-state index in [1.54, 1.807) is 12.2 Å². The molecule has 210 valence electrons. The molecular weight excluding hydrogens is 613 g/mol. The van der Waals surface area contributed by atoms with Crippen LogP contribution < -0.4 is 22.1 Å². The highest BCUT2D eigenvalue weighted by molar-refractivity contribution is 9.09. The van der Waals surface area contributed by atoms with E-state index in [-0.39, 0.29) is 17.2 Å². The molecule has 0 spiro atoms. The zero-order valence-electron chi connectivity index (χ0n) is 22.4. The summed E-state index contributed by atoms with van der Waals surface area (Å²) in [6.45, 7) is 10.8. The zero-order chi connectivity index (χ0) is 30.2. The summed E-state index contributed by atoms with van der Waals surface area (Å²) in [6.07, 6.45) is 5.01. The van der Waals surface area contributed by atoms with Gasteiger partial charge in [0.1, 0.15) is 11.1 Å². The van der Waals surface area contributed by atoms with E-state index in [1.165, 1.54) is 23.9 Å². The second-order valence-corrected chi connectivity index (χ2v) is 9.48. The van der Waals surface area contributed by atoms with E-state index in [0.29, 0.717) is 63.0 Å². The summed E-state index contributed by atoms with van der Waals surface area (Å²) < 4.78 is 25.5. The number of thiocarbonyl (C=S) groups is 1. The first-order valence-corrected chi connectivity index (χ1v) is 13.9. The maximum atomic E-state index is 12.0. The molecule has 0 bridgehead atoms. The first-order valence-electron chi connectivity index (χ1n) is 12.1. The zero-order valence-corrected chi connectivity index (χ0v) is 24.7. The van der Waals surface area contributed by atoms with Crippen LogP contribution in [0.15, 0.2) is 65.8 Å². The van der Waals surface area contributed by atoms with E-state index >= 15 is 0 Å². The molecule has 1 aliphatic rings. The largest absolute Gasteiger partial charge is 0.427 e. The lowest BCUT2D eigenvalue weighted by atomic mass is 10.0. The molecule has 1 aliphatic heterocycles. The third-order valence-corrected chi connectivity index (χ3v) is 6.37. The van der Waals surface area contributed by atoms with E-state index in [4.69, 9.17) is 22.4 Å². The summed E-state index contributed by atoms with van der Waals surface area (Å²) in [4.78, 5) is 53.3. The number of amides is 1. The van der Waals surface area contributed by atoms with Crippen LogP contribution in [0.25, 0.3) is 11.1 Å². The smallest absolute Gasteiger partial charge is 0.337 e. The van der Waals surface area contributed by atoms with Crippen molar-refractivity contribution < 1.29 is 19.4 Å². The maximum absolute atomic E-state index is 12.0. The number of aryl methyl sites for hydroxylation is 2. The number of aromatic amines is 1. The molecule has 13 heteroatoms. The number of hydrogen-bond acceptors (Lipinski definition) is 9. The predicted molar refractivity (Wildman–Crippen MR) is 160 cm³/mol. The number of rotatable bonds is 6. The number of nitrogens with one attached hydrogen (secondary N) is 2. The molecule has 0 saturated carbocycles. The van der Waals surface area contributed by atoms with E-state index in [9.17, 15) is 23.6 Å². The highest BCUT2D eigenvalue weighted by Gasteiger charge is 2.25. The summed E-state index contributed by atoms with van der Waals surface area (Å²) in [7, 11) is -1.00. The lowest BCUT2D eigenvalue weighted by Crippen LogP contribution is -2.37. The molecule has 0 fully saturated rings. The normalized spacial score (nSPS) is 11.7. The molecule has 3 aromatic rings. The second-order valence-electron chi connectivity index (χ2n) is 7.33. The van der Waals surface area contributed by atoms with E-state index in [2.05, 4.69) is 44.4 Å². The summed E-state index contributed by atoms with van der Waals surface area (Å²) in [6, 6.07) is 2.68. The van der Waals surface area contributed by atoms with Crippen molar-refractivity contribution in [3.05, 3.63) is 91.1 Å². The topological polar surface area (TPSA) is 135 Å². The Bertz CT molecular complexity index is 1520. The first-order chi connectivity index (χ1) is 19.1. The molecule has 3 aromatic heterocycles. The van der Waals surface area contributed by atoms with Gasteiger partial charge < -0.3 is 19.1 Å². The Morgan fingerprint density at radius 3 is 2.31 bits per heavy atom. The molecule has 0 aromatic carbocycles. The van der Waals surface area contributed by atoms with Gasteiger partial charge in [0.2, 0.25) is 5.71 Å². The van der Waals surface area contributed by atoms with E-state index in [0.717, 1.165) is 5.33 Å². The second kappa shape index (κ2) is 17.4. The number of fused-ring (bicyclic) bond motifs is 2.